The quantitative estimate of drug-likeness (QED) is 0.385. The summed E-state index contributed by atoms with van der Waals surface area (Å²) in [5, 5.41) is 14.1. The molecule has 22 heavy (non-hydrogen) atoms. The van der Waals surface area contributed by atoms with Crippen LogP contribution in [0.5, 0.6) is 0 Å². The van der Waals surface area contributed by atoms with Crippen LogP contribution in [0.3, 0.4) is 0 Å². The number of fused-ring (bicyclic) bond motifs is 1. The summed E-state index contributed by atoms with van der Waals surface area (Å²) < 4.78 is 0. The zero-order chi connectivity index (χ0) is 15.5. The first-order chi connectivity index (χ1) is 10.7. The fraction of sp³-hybridized carbons (Fsp3) is 0.105. The maximum Gasteiger partial charge on any atom is 0.0984 e. The van der Waals surface area contributed by atoms with Crippen LogP contribution in [0.2, 0.25) is 0 Å². The fourth-order valence-corrected chi connectivity index (χ4v) is 2.74. The molecular weight excluding hydrogens is 292 g/mol. The minimum Gasteiger partial charge on any atom is -0.369 e. The lowest BCUT2D eigenvalue weighted by atomic mass is 9.95. The molecule has 0 bridgehead atoms. The van der Waals surface area contributed by atoms with Crippen LogP contribution in [0.25, 0.3) is 10.8 Å². The highest BCUT2D eigenvalue weighted by atomic mass is 35.5. The molecule has 0 fully saturated rings. The van der Waals surface area contributed by atoms with Crippen LogP contribution < -0.4 is 5.32 Å². The molecule has 0 amide bonds. The number of nitrogens with one attached hydrogen (secondary N) is 2. The Morgan fingerprint density at radius 1 is 0.955 bits per heavy atom. The minimum absolute atomic E-state index is 0.205. The van der Waals surface area contributed by atoms with Crippen molar-refractivity contribution in [2.75, 3.05) is 5.32 Å². The molecule has 1 atom stereocenters. The second-order valence-corrected chi connectivity index (χ2v) is 5.87. The van der Waals surface area contributed by atoms with Crippen LogP contribution in [-0.2, 0) is 0 Å². The highest BCUT2D eigenvalue weighted by molar-refractivity contribution is 6.23. The topological polar surface area (TPSA) is 35.9 Å². The second-order valence-electron chi connectivity index (χ2n) is 5.21. The zero-order valence-corrected chi connectivity index (χ0v) is 13.1. The summed E-state index contributed by atoms with van der Waals surface area (Å²) in [5.41, 5.74) is 2.96. The molecule has 110 valence electrons. The van der Waals surface area contributed by atoms with Crippen LogP contribution in [0.15, 0.2) is 66.7 Å². The molecule has 3 aromatic carbocycles. The van der Waals surface area contributed by atoms with Gasteiger partial charge >= 0.3 is 0 Å². The van der Waals surface area contributed by atoms with Gasteiger partial charge in [-0.15, -0.1) is 0 Å². The van der Waals surface area contributed by atoms with Gasteiger partial charge < -0.3 is 5.32 Å². The molecule has 0 saturated carbocycles. The van der Waals surface area contributed by atoms with Crippen molar-refractivity contribution in [2.24, 2.45) is 0 Å². The number of halogens is 1. The molecule has 3 aromatic rings. The van der Waals surface area contributed by atoms with Crippen molar-refractivity contribution in [3.63, 3.8) is 0 Å². The van der Waals surface area contributed by atoms with Crippen LogP contribution in [0.1, 0.15) is 18.1 Å². The van der Waals surface area contributed by atoms with Gasteiger partial charge in [-0.2, -0.15) is 0 Å². The first-order valence-electron chi connectivity index (χ1n) is 7.23. The fourth-order valence-electron chi connectivity index (χ4n) is 2.62. The Morgan fingerprint density at radius 3 is 2.36 bits per heavy atom. The number of hydrogen-bond donors (Lipinski definition) is 2. The van der Waals surface area contributed by atoms with Crippen molar-refractivity contribution in [3.05, 3.63) is 77.9 Å². The van der Waals surface area contributed by atoms with E-state index in [1.807, 2.05) is 61.5 Å². The first-order valence-corrected chi connectivity index (χ1v) is 7.67. The number of alkyl halides is 1. The molecule has 0 radical (unpaired) electrons. The highest BCUT2D eigenvalue weighted by Crippen LogP contribution is 2.29. The van der Waals surface area contributed by atoms with Gasteiger partial charge in [0.05, 0.1) is 11.2 Å². The van der Waals surface area contributed by atoms with Crippen LogP contribution in [0, 0.1) is 5.41 Å². The summed E-state index contributed by atoms with van der Waals surface area (Å²) in [6.45, 7) is 1.88. The highest BCUT2D eigenvalue weighted by Gasteiger charge is 2.14. The predicted octanol–water partition coefficient (Wildman–Crippen LogP) is 5.25. The van der Waals surface area contributed by atoms with E-state index < -0.39 is 0 Å². The van der Waals surface area contributed by atoms with E-state index in [-0.39, 0.29) is 5.50 Å². The Morgan fingerprint density at radius 2 is 1.64 bits per heavy atom. The Labute approximate surface area is 135 Å². The number of anilines is 1. The van der Waals surface area contributed by atoms with Crippen LogP contribution in [-0.4, -0.2) is 11.2 Å². The summed E-state index contributed by atoms with van der Waals surface area (Å²) in [6.07, 6.45) is 0. The van der Waals surface area contributed by atoms with Gasteiger partial charge in [-0.25, -0.2) is 0 Å². The van der Waals surface area contributed by atoms with Crippen molar-refractivity contribution in [2.45, 2.75) is 12.4 Å². The van der Waals surface area contributed by atoms with Crippen LogP contribution in [0.4, 0.5) is 5.69 Å². The second kappa shape index (κ2) is 6.20. The molecule has 0 spiro atoms. The average molecular weight is 309 g/mol. The summed E-state index contributed by atoms with van der Waals surface area (Å²) in [4.78, 5) is 0. The molecular formula is C19H17ClN2. The minimum atomic E-state index is -0.205. The monoisotopic (exact) mass is 308 g/mol. The van der Waals surface area contributed by atoms with E-state index >= 15 is 0 Å². The molecule has 2 nitrogen and oxygen atoms in total. The Hall–Kier alpha value is -2.32. The largest absolute Gasteiger partial charge is 0.369 e. The normalized spacial score (nSPS) is 12.1. The lowest BCUT2D eigenvalue weighted by molar-refractivity contribution is 1.11. The van der Waals surface area contributed by atoms with E-state index in [0.717, 1.165) is 27.6 Å². The predicted molar refractivity (Wildman–Crippen MR) is 95.3 cm³/mol. The molecule has 3 heteroatoms. The molecule has 3 rings (SSSR count). The molecule has 0 aliphatic heterocycles. The smallest absolute Gasteiger partial charge is 0.0984 e. The van der Waals surface area contributed by atoms with Gasteiger partial charge in [0.2, 0.25) is 0 Å². The van der Waals surface area contributed by atoms with Gasteiger partial charge in [0, 0.05) is 16.8 Å². The van der Waals surface area contributed by atoms with Gasteiger partial charge in [0.25, 0.3) is 0 Å². The average Bonchev–Trinajstić information content (AvgIpc) is 2.54. The van der Waals surface area contributed by atoms with Crippen molar-refractivity contribution in [3.8, 4) is 0 Å². The molecule has 0 aliphatic carbocycles. The summed E-state index contributed by atoms with van der Waals surface area (Å²) >= 11 is 6.10. The Balaban J connectivity index is 2.22. The summed E-state index contributed by atoms with van der Waals surface area (Å²) in [6, 6.07) is 21.9. The third kappa shape index (κ3) is 2.83. The van der Waals surface area contributed by atoms with E-state index in [1.54, 1.807) is 0 Å². The maximum atomic E-state index is 8.65. The molecule has 0 heterocycles. The van der Waals surface area contributed by atoms with Crippen molar-refractivity contribution < 1.29 is 0 Å². The Kier molecular flexibility index (Phi) is 4.12. The molecule has 0 aliphatic rings. The lowest BCUT2D eigenvalue weighted by Gasteiger charge is -2.17. The third-order valence-electron chi connectivity index (χ3n) is 3.60. The maximum absolute atomic E-state index is 8.65. The SMILES string of the molecule is CC(Cl)Nc1ccc2ccccc2c1C(=N)c1ccccc1. The van der Waals surface area contributed by atoms with Gasteiger partial charge in [0.1, 0.15) is 0 Å². The van der Waals surface area contributed by atoms with Gasteiger partial charge in [-0.3, -0.25) is 5.41 Å². The van der Waals surface area contributed by atoms with Crippen molar-refractivity contribution >= 4 is 33.8 Å². The van der Waals surface area contributed by atoms with E-state index in [4.69, 9.17) is 17.0 Å². The van der Waals surface area contributed by atoms with Gasteiger partial charge in [0.15, 0.2) is 0 Å². The number of benzene rings is 3. The third-order valence-corrected chi connectivity index (χ3v) is 3.70. The van der Waals surface area contributed by atoms with E-state index in [9.17, 15) is 0 Å². The van der Waals surface area contributed by atoms with E-state index in [1.165, 1.54) is 0 Å². The summed E-state index contributed by atoms with van der Waals surface area (Å²) in [5.74, 6) is 0. The first kappa shape index (κ1) is 14.6. The van der Waals surface area contributed by atoms with Gasteiger partial charge in [-0.1, -0.05) is 72.3 Å². The standard InChI is InChI=1S/C19H17ClN2/c1-13(20)22-17-12-11-14-7-5-6-10-16(14)18(17)19(21)15-8-3-2-4-9-15/h2-13,21-22H,1H3. The number of hydrogen-bond acceptors (Lipinski definition) is 2. The number of rotatable bonds is 4. The molecule has 0 saturated heterocycles. The summed E-state index contributed by atoms with van der Waals surface area (Å²) in [7, 11) is 0. The van der Waals surface area contributed by atoms with E-state index in [2.05, 4.69) is 17.4 Å². The van der Waals surface area contributed by atoms with Crippen molar-refractivity contribution in [1.82, 2.24) is 0 Å². The lowest BCUT2D eigenvalue weighted by Crippen LogP contribution is -2.12. The van der Waals surface area contributed by atoms with Crippen molar-refractivity contribution in [1.29, 1.82) is 5.41 Å². The molecule has 1 unspecified atom stereocenters. The Bertz CT molecular complexity index is 810. The van der Waals surface area contributed by atoms with Gasteiger partial charge in [-0.05, 0) is 23.8 Å². The molecule has 2 N–H and O–H groups in total. The van der Waals surface area contributed by atoms with Crippen LogP contribution >= 0.6 is 11.6 Å². The molecule has 0 aromatic heterocycles. The van der Waals surface area contributed by atoms with E-state index in [0.29, 0.717) is 5.71 Å². The zero-order valence-electron chi connectivity index (χ0n) is 12.3.